The molecule has 1 radical (unpaired) electrons. The van der Waals surface area contributed by atoms with E-state index >= 15 is 0 Å². The number of hydrogen-bond acceptors (Lipinski definition) is 0. The Morgan fingerprint density at radius 2 is 2.10 bits per heavy atom. The molecule has 0 fully saturated rings. The van der Waals surface area contributed by atoms with E-state index in [2.05, 4.69) is 32.9 Å². The molecule has 0 heteroatoms. The van der Waals surface area contributed by atoms with Crippen LogP contribution in [0.15, 0.2) is 12.2 Å². The molecule has 59 valence electrons. The van der Waals surface area contributed by atoms with Crippen molar-refractivity contribution in [1.29, 1.82) is 0 Å². The molecule has 0 aliphatic carbocycles. The summed E-state index contributed by atoms with van der Waals surface area (Å²) in [6.45, 7) is 8.35. The predicted octanol–water partition coefficient (Wildman–Crippen LogP) is 3.59. The lowest BCUT2D eigenvalue weighted by Crippen LogP contribution is -1.84. The minimum atomic E-state index is 0.525. The quantitative estimate of drug-likeness (QED) is 0.403. The van der Waals surface area contributed by atoms with Crippen molar-refractivity contribution in [3.63, 3.8) is 0 Å². The molecule has 0 aromatic rings. The predicted molar refractivity (Wildman–Crippen MR) is 47.8 cm³/mol. The van der Waals surface area contributed by atoms with Crippen LogP contribution in [0.2, 0.25) is 0 Å². The standard InChI is InChI=1S/C10H19/c1-4-6-7-8-9-10(3)5-2/h8-10H,3-7H2,1-2H3/b9-8+. The van der Waals surface area contributed by atoms with Gasteiger partial charge in [0, 0.05) is 0 Å². The first kappa shape index (κ1) is 9.74. The average molecular weight is 139 g/mol. The van der Waals surface area contributed by atoms with Crippen molar-refractivity contribution >= 4 is 0 Å². The number of hydrogen-bond donors (Lipinski definition) is 0. The fourth-order valence-corrected chi connectivity index (χ4v) is 0.747. The second-order valence-corrected chi connectivity index (χ2v) is 2.74. The molecule has 0 aliphatic rings. The molecule has 0 spiro atoms. The van der Waals surface area contributed by atoms with Crippen LogP contribution >= 0.6 is 0 Å². The van der Waals surface area contributed by atoms with E-state index in [9.17, 15) is 0 Å². The Bertz CT molecular complexity index is 82.0. The summed E-state index contributed by atoms with van der Waals surface area (Å²) in [6, 6.07) is 0. The second-order valence-electron chi connectivity index (χ2n) is 2.74. The van der Waals surface area contributed by atoms with Gasteiger partial charge in [-0.2, -0.15) is 0 Å². The van der Waals surface area contributed by atoms with E-state index in [0.29, 0.717) is 5.92 Å². The van der Waals surface area contributed by atoms with Crippen molar-refractivity contribution in [3.05, 3.63) is 19.1 Å². The Kier molecular flexibility index (Phi) is 6.68. The summed E-state index contributed by atoms with van der Waals surface area (Å²) in [6.07, 6.45) is 9.46. The van der Waals surface area contributed by atoms with Gasteiger partial charge in [0.15, 0.2) is 0 Å². The lowest BCUT2D eigenvalue weighted by atomic mass is 10.1. The highest BCUT2D eigenvalue weighted by Gasteiger charge is 1.88. The van der Waals surface area contributed by atoms with Gasteiger partial charge in [-0.3, -0.25) is 0 Å². The van der Waals surface area contributed by atoms with Gasteiger partial charge in [0.25, 0.3) is 0 Å². The SMILES string of the molecule is [CH2]C(/C=C/CCCC)CC. The summed E-state index contributed by atoms with van der Waals surface area (Å²) in [4.78, 5) is 0. The summed E-state index contributed by atoms with van der Waals surface area (Å²) < 4.78 is 0. The zero-order valence-electron chi connectivity index (χ0n) is 7.27. The van der Waals surface area contributed by atoms with E-state index in [0.717, 1.165) is 6.42 Å². The Labute approximate surface area is 65.3 Å². The van der Waals surface area contributed by atoms with Crippen molar-refractivity contribution < 1.29 is 0 Å². The minimum Gasteiger partial charge on any atom is -0.0883 e. The maximum Gasteiger partial charge on any atom is -0.0236 e. The summed E-state index contributed by atoms with van der Waals surface area (Å²) in [5, 5.41) is 0. The Morgan fingerprint density at radius 1 is 1.40 bits per heavy atom. The Hall–Kier alpha value is -0.260. The van der Waals surface area contributed by atoms with Crippen LogP contribution in [-0.2, 0) is 0 Å². The van der Waals surface area contributed by atoms with Gasteiger partial charge in [-0.1, -0.05) is 38.8 Å². The van der Waals surface area contributed by atoms with Crippen LogP contribution in [0.1, 0.15) is 39.5 Å². The monoisotopic (exact) mass is 139 g/mol. The van der Waals surface area contributed by atoms with Crippen LogP contribution in [0.25, 0.3) is 0 Å². The van der Waals surface area contributed by atoms with Crippen LogP contribution < -0.4 is 0 Å². The summed E-state index contributed by atoms with van der Waals surface area (Å²) in [5.41, 5.74) is 0. The molecule has 0 aliphatic heterocycles. The third-order valence-corrected chi connectivity index (χ3v) is 1.66. The van der Waals surface area contributed by atoms with Crippen molar-refractivity contribution in [1.82, 2.24) is 0 Å². The normalized spacial score (nSPS) is 14.3. The molecule has 0 saturated carbocycles. The molecule has 0 nitrogen and oxygen atoms in total. The van der Waals surface area contributed by atoms with Crippen LogP contribution in [0, 0.1) is 12.8 Å². The molecule has 10 heavy (non-hydrogen) atoms. The van der Waals surface area contributed by atoms with Gasteiger partial charge in [-0.15, -0.1) is 0 Å². The van der Waals surface area contributed by atoms with Crippen molar-refractivity contribution in [3.8, 4) is 0 Å². The van der Waals surface area contributed by atoms with Gasteiger partial charge in [0.1, 0.15) is 0 Å². The average Bonchev–Trinajstić information content (AvgIpc) is 1.98. The minimum absolute atomic E-state index is 0.525. The highest BCUT2D eigenvalue weighted by atomic mass is 13.9. The summed E-state index contributed by atoms with van der Waals surface area (Å²) >= 11 is 0. The fraction of sp³-hybridized carbons (Fsp3) is 0.700. The third-order valence-electron chi connectivity index (χ3n) is 1.66. The van der Waals surface area contributed by atoms with Crippen molar-refractivity contribution in [2.24, 2.45) is 5.92 Å². The molecular formula is C10H19. The first-order valence-corrected chi connectivity index (χ1v) is 4.31. The topological polar surface area (TPSA) is 0 Å². The van der Waals surface area contributed by atoms with E-state index in [1.54, 1.807) is 0 Å². The molecule has 0 aromatic heterocycles. The molecule has 1 atom stereocenters. The van der Waals surface area contributed by atoms with Gasteiger partial charge in [0.05, 0.1) is 0 Å². The van der Waals surface area contributed by atoms with Gasteiger partial charge >= 0.3 is 0 Å². The molecule has 1 unspecified atom stereocenters. The van der Waals surface area contributed by atoms with E-state index in [1.807, 2.05) is 0 Å². The van der Waals surface area contributed by atoms with Crippen LogP contribution in [-0.4, -0.2) is 0 Å². The van der Waals surface area contributed by atoms with E-state index < -0.39 is 0 Å². The van der Waals surface area contributed by atoms with Crippen LogP contribution in [0.4, 0.5) is 0 Å². The van der Waals surface area contributed by atoms with E-state index in [-0.39, 0.29) is 0 Å². The largest absolute Gasteiger partial charge is 0.0883 e. The highest BCUT2D eigenvalue weighted by molar-refractivity contribution is 4.88. The van der Waals surface area contributed by atoms with Gasteiger partial charge < -0.3 is 0 Å². The molecule has 0 N–H and O–H groups in total. The van der Waals surface area contributed by atoms with Gasteiger partial charge in [-0.05, 0) is 25.7 Å². The van der Waals surface area contributed by atoms with Crippen molar-refractivity contribution in [2.75, 3.05) is 0 Å². The zero-order valence-corrected chi connectivity index (χ0v) is 7.27. The maximum absolute atomic E-state index is 3.97. The smallest absolute Gasteiger partial charge is 0.0236 e. The lowest BCUT2D eigenvalue weighted by molar-refractivity contribution is 0.755. The second kappa shape index (κ2) is 6.85. The first-order chi connectivity index (χ1) is 4.81. The van der Waals surface area contributed by atoms with Crippen molar-refractivity contribution in [2.45, 2.75) is 39.5 Å². The number of unbranched alkanes of at least 4 members (excludes halogenated alkanes) is 2. The molecule has 0 rings (SSSR count). The Morgan fingerprint density at radius 3 is 2.60 bits per heavy atom. The third kappa shape index (κ3) is 5.87. The summed E-state index contributed by atoms with van der Waals surface area (Å²) in [7, 11) is 0. The van der Waals surface area contributed by atoms with Crippen LogP contribution in [0.3, 0.4) is 0 Å². The molecule has 0 heterocycles. The molecule has 0 aromatic carbocycles. The fourth-order valence-electron chi connectivity index (χ4n) is 0.747. The van der Waals surface area contributed by atoms with Crippen LogP contribution in [0.5, 0.6) is 0 Å². The van der Waals surface area contributed by atoms with E-state index in [1.165, 1.54) is 19.3 Å². The van der Waals surface area contributed by atoms with Gasteiger partial charge in [-0.25, -0.2) is 0 Å². The zero-order chi connectivity index (χ0) is 7.82. The lowest BCUT2D eigenvalue weighted by Gasteiger charge is -1.98. The number of allylic oxidation sites excluding steroid dienone is 2. The molecule has 0 amide bonds. The highest BCUT2D eigenvalue weighted by Crippen LogP contribution is 2.03. The molecule has 0 bridgehead atoms. The molecule has 0 saturated heterocycles. The molecular weight excluding hydrogens is 120 g/mol. The number of rotatable bonds is 5. The first-order valence-electron chi connectivity index (χ1n) is 4.31. The Balaban J connectivity index is 3.18. The summed E-state index contributed by atoms with van der Waals surface area (Å²) in [5.74, 6) is 0.525. The van der Waals surface area contributed by atoms with E-state index in [4.69, 9.17) is 0 Å². The van der Waals surface area contributed by atoms with Gasteiger partial charge in [0.2, 0.25) is 0 Å². The maximum atomic E-state index is 3.97.